The number of halogens is 2. The van der Waals surface area contributed by atoms with E-state index in [4.69, 9.17) is 4.42 Å². The number of hydrogen-bond donors (Lipinski definition) is 2. The molecule has 1 aliphatic rings. The fourth-order valence-electron chi connectivity index (χ4n) is 5.18. The molecule has 5 rings (SSSR count). The Bertz CT molecular complexity index is 1720. The van der Waals surface area contributed by atoms with Gasteiger partial charge in [-0.25, -0.2) is 17.2 Å². The minimum atomic E-state index is -3.69. The lowest BCUT2D eigenvalue weighted by Crippen LogP contribution is -2.40. The molecule has 12 heteroatoms. The molecule has 2 aromatic carbocycles. The molecule has 0 saturated carbocycles. The maximum Gasteiger partial charge on any atom is 0.255 e. The molecule has 0 spiro atoms. The third kappa shape index (κ3) is 6.22. The normalized spacial score (nSPS) is 15.6. The molecular formula is C29H28F2N4O5S. The number of likely N-dealkylation sites (tertiary alicyclic amines) is 1. The lowest BCUT2D eigenvalue weighted by Gasteiger charge is -2.34. The molecule has 1 aliphatic heterocycles. The van der Waals surface area contributed by atoms with Crippen molar-refractivity contribution < 1.29 is 31.2 Å². The number of pyridine rings is 1. The summed E-state index contributed by atoms with van der Waals surface area (Å²) in [5.41, 5.74) is 2.31. The van der Waals surface area contributed by atoms with Crippen LogP contribution in [0.3, 0.4) is 0 Å². The number of benzene rings is 2. The second-order valence-corrected chi connectivity index (χ2v) is 11.8. The van der Waals surface area contributed by atoms with Crippen LogP contribution in [0.15, 0.2) is 59.1 Å². The van der Waals surface area contributed by atoms with Crippen LogP contribution in [0, 0.1) is 11.6 Å². The predicted octanol–water partition coefficient (Wildman–Crippen LogP) is 4.45. The van der Waals surface area contributed by atoms with E-state index in [0.717, 1.165) is 12.5 Å². The summed E-state index contributed by atoms with van der Waals surface area (Å²) in [5, 5.41) is 3.07. The predicted molar refractivity (Wildman–Crippen MR) is 150 cm³/mol. The van der Waals surface area contributed by atoms with Crippen molar-refractivity contribution in [3.63, 3.8) is 0 Å². The summed E-state index contributed by atoms with van der Waals surface area (Å²) in [4.78, 5) is 31.8. The largest absolute Gasteiger partial charge is 0.455 e. The summed E-state index contributed by atoms with van der Waals surface area (Å²) in [6, 6.07) is 11.5. The number of carbonyl (C=O) groups excluding carboxylic acids is 2. The van der Waals surface area contributed by atoms with Gasteiger partial charge in [0, 0.05) is 48.8 Å². The third-order valence-corrected chi connectivity index (χ3v) is 7.64. The van der Waals surface area contributed by atoms with E-state index in [1.165, 1.54) is 49.5 Å². The number of hydrogen-bond acceptors (Lipinski definition) is 6. The van der Waals surface area contributed by atoms with Crippen molar-refractivity contribution >= 4 is 38.5 Å². The van der Waals surface area contributed by atoms with Crippen molar-refractivity contribution in [1.82, 2.24) is 15.2 Å². The SMILES string of the molecule is CNC(=O)c1c(-c2ccc(F)cc2)oc2cc(NS(C)(=O)=O)c([C@@H]3CCCN(C(=O)Cc4ccc(F)cn4)C3)cc12. The monoisotopic (exact) mass is 582 g/mol. The second-order valence-electron chi connectivity index (χ2n) is 10.0. The van der Waals surface area contributed by atoms with E-state index in [9.17, 15) is 26.8 Å². The molecule has 0 unspecified atom stereocenters. The van der Waals surface area contributed by atoms with E-state index in [-0.39, 0.29) is 40.8 Å². The quantitative estimate of drug-likeness (QED) is 0.332. The number of anilines is 1. The molecule has 0 aliphatic carbocycles. The topological polar surface area (TPSA) is 122 Å². The first-order chi connectivity index (χ1) is 19.5. The molecule has 9 nitrogen and oxygen atoms in total. The van der Waals surface area contributed by atoms with E-state index in [1.807, 2.05) is 0 Å². The first-order valence-electron chi connectivity index (χ1n) is 13.0. The van der Waals surface area contributed by atoms with Crippen molar-refractivity contribution in [2.75, 3.05) is 31.1 Å². The summed E-state index contributed by atoms with van der Waals surface area (Å²) in [7, 11) is -2.21. The Morgan fingerprint density at radius 1 is 1.10 bits per heavy atom. The zero-order valence-electron chi connectivity index (χ0n) is 22.4. The van der Waals surface area contributed by atoms with Crippen LogP contribution in [0.4, 0.5) is 14.5 Å². The zero-order chi connectivity index (χ0) is 29.3. The number of furan rings is 1. The molecule has 3 heterocycles. The number of amides is 2. The van der Waals surface area contributed by atoms with Gasteiger partial charge in [-0.05, 0) is 60.9 Å². The van der Waals surface area contributed by atoms with E-state index in [0.29, 0.717) is 48.1 Å². The van der Waals surface area contributed by atoms with Gasteiger partial charge in [-0.3, -0.25) is 19.3 Å². The van der Waals surface area contributed by atoms with Crippen molar-refractivity contribution in [1.29, 1.82) is 0 Å². The lowest BCUT2D eigenvalue weighted by molar-refractivity contribution is -0.131. The second kappa shape index (κ2) is 11.3. The van der Waals surface area contributed by atoms with Gasteiger partial charge in [0.2, 0.25) is 15.9 Å². The van der Waals surface area contributed by atoms with Gasteiger partial charge >= 0.3 is 0 Å². The Kier molecular flexibility index (Phi) is 7.76. The first kappa shape index (κ1) is 28.2. The number of nitrogens with one attached hydrogen (secondary N) is 2. The Morgan fingerprint density at radius 2 is 1.83 bits per heavy atom. The first-order valence-corrected chi connectivity index (χ1v) is 14.9. The van der Waals surface area contributed by atoms with Crippen LogP contribution in [-0.4, -0.2) is 56.5 Å². The minimum Gasteiger partial charge on any atom is -0.455 e. The number of sulfonamides is 1. The van der Waals surface area contributed by atoms with Crippen LogP contribution in [0.25, 0.3) is 22.3 Å². The van der Waals surface area contributed by atoms with Crippen LogP contribution < -0.4 is 10.0 Å². The standard InChI is InChI=1S/C29H28F2N4O5S/c1-32-29(37)27-23-13-22(18-4-3-11-35(16-18)26(36)12-21-10-9-20(31)15-33-21)24(34-41(2,38)39)14-25(23)40-28(27)17-5-7-19(30)8-6-17/h5-10,13-15,18,34H,3-4,11-12,16H2,1-2H3,(H,32,37)/t18-/m1/s1. The van der Waals surface area contributed by atoms with E-state index >= 15 is 0 Å². The Balaban J connectivity index is 1.56. The van der Waals surface area contributed by atoms with Crippen LogP contribution >= 0.6 is 0 Å². The molecule has 4 aromatic rings. The van der Waals surface area contributed by atoms with Gasteiger partial charge in [-0.15, -0.1) is 0 Å². The highest BCUT2D eigenvalue weighted by Gasteiger charge is 2.30. The molecule has 1 fully saturated rings. The highest BCUT2D eigenvalue weighted by molar-refractivity contribution is 7.92. The Hall–Kier alpha value is -4.32. The van der Waals surface area contributed by atoms with Crippen LogP contribution in [0.5, 0.6) is 0 Å². The number of nitrogens with zero attached hydrogens (tertiary/aromatic N) is 2. The summed E-state index contributed by atoms with van der Waals surface area (Å²) in [6.45, 7) is 0.819. The van der Waals surface area contributed by atoms with Crippen molar-refractivity contribution in [2.24, 2.45) is 0 Å². The van der Waals surface area contributed by atoms with Crippen molar-refractivity contribution in [3.05, 3.63) is 83.2 Å². The molecule has 2 N–H and O–H groups in total. The maximum atomic E-state index is 13.6. The van der Waals surface area contributed by atoms with Gasteiger partial charge in [-0.1, -0.05) is 0 Å². The van der Waals surface area contributed by atoms with E-state index in [1.54, 1.807) is 11.0 Å². The summed E-state index contributed by atoms with van der Waals surface area (Å²) in [5.74, 6) is -1.58. The molecule has 2 aromatic heterocycles. The number of aromatic nitrogens is 1. The number of rotatable bonds is 7. The van der Waals surface area contributed by atoms with Crippen LogP contribution in [0.2, 0.25) is 0 Å². The zero-order valence-corrected chi connectivity index (χ0v) is 23.2. The van der Waals surface area contributed by atoms with Gasteiger partial charge in [0.1, 0.15) is 23.0 Å². The summed E-state index contributed by atoms with van der Waals surface area (Å²) >= 11 is 0. The number of fused-ring (bicyclic) bond motifs is 1. The molecule has 214 valence electrons. The Labute approximate surface area is 235 Å². The summed E-state index contributed by atoms with van der Waals surface area (Å²) < 4.78 is 60.1. The average Bonchev–Trinajstić information content (AvgIpc) is 3.31. The van der Waals surface area contributed by atoms with Gasteiger partial charge < -0.3 is 14.6 Å². The maximum absolute atomic E-state index is 13.6. The van der Waals surface area contributed by atoms with Gasteiger partial charge in [0.25, 0.3) is 5.91 Å². The van der Waals surface area contributed by atoms with Crippen LogP contribution in [0.1, 0.15) is 40.4 Å². The minimum absolute atomic E-state index is 0.00403. The molecule has 1 atom stereocenters. The number of carbonyl (C=O) groups is 2. The highest BCUT2D eigenvalue weighted by atomic mass is 32.2. The summed E-state index contributed by atoms with van der Waals surface area (Å²) in [6.07, 6.45) is 3.44. The highest BCUT2D eigenvalue weighted by Crippen LogP contribution is 2.40. The molecule has 1 saturated heterocycles. The third-order valence-electron chi connectivity index (χ3n) is 7.05. The molecular weight excluding hydrogens is 554 g/mol. The fraction of sp³-hybridized carbons (Fsp3) is 0.276. The van der Waals surface area contributed by atoms with Crippen molar-refractivity contribution in [2.45, 2.75) is 25.2 Å². The van der Waals surface area contributed by atoms with Crippen molar-refractivity contribution in [3.8, 4) is 11.3 Å². The fourth-order valence-corrected chi connectivity index (χ4v) is 5.75. The molecule has 2 amide bonds. The lowest BCUT2D eigenvalue weighted by atomic mass is 9.88. The van der Waals surface area contributed by atoms with Gasteiger partial charge in [0.15, 0.2) is 0 Å². The Morgan fingerprint density at radius 3 is 2.49 bits per heavy atom. The van der Waals surface area contributed by atoms with Gasteiger partial charge in [0.05, 0.1) is 30.1 Å². The molecule has 0 bridgehead atoms. The molecule has 0 radical (unpaired) electrons. The van der Waals surface area contributed by atoms with Gasteiger partial charge in [-0.2, -0.15) is 0 Å². The molecule has 41 heavy (non-hydrogen) atoms. The van der Waals surface area contributed by atoms with E-state index < -0.39 is 27.6 Å². The average molecular weight is 583 g/mol. The smallest absolute Gasteiger partial charge is 0.255 e. The number of piperidine rings is 1. The van der Waals surface area contributed by atoms with E-state index in [2.05, 4.69) is 15.0 Å². The van der Waals surface area contributed by atoms with Crippen LogP contribution in [-0.2, 0) is 21.2 Å².